The van der Waals surface area contributed by atoms with E-state index >= 15 is 0 Å². The number of rotatable bonds is 5. The van der Waals surface area contributed by atoms with Gasteiger partial charge in [-0.2, -0.15) is 13.9 Å². The van der Waals surface area contributed by atoms with Gasteiger partial charge in [0, 0.05) is 50.2 Å². The molecular weight excluding hydrogens is 499 g/mol. The Morgan fingerprint density at radius 3 is 2.64 bits per heavy atom. The number of nitrogens with zero attached hydrogens (tertiary/aromatic N) is 3. The number of hydrogen-bond acceptors (Lipinski definition) is 5. The van der Waals surface area contributed by atoms with Crippen LogP contribution >= 0.6 is 11.6 Å². The lowest BCUT2D eigenvalue weighted by Crippen LogP contribution is -2.49. The zero-order valence-corrected chi connectivity index (χ0v) is 20.3. The summed E-state index contributed by atoms with van der Waals surface area (Å²) in [5.74, 6) is -0.155. The molecule has 36 heavy (non-hydrogen) atoms. The van der Waals surface area contributed by atoms with Crippen molar-refractivity contribution < 1.29 is 32.2 Å². The number of fused-ring (bicyclic) bond motifs is 4. The Hall–Kier alpha value is -3.40. The highest BCUT2D eigenvalue weighted by Gasteiger charge is 2.47. The number of amides is 1. The fourth-order valence-electron chi connectivity index (χ4n) is 4.80. The number of alkyl halides is 4. The standard InChI is InChI=1S/C25H23ClF3N3O4/c1-31-21-16-5-3-4-6-19(16)35-24(18(21)14-30-31)9-11-32(12-10-24)22(33)17-8-7-15(34-2)13-20(17)36-25(28,29)23(26)27/h3-8,13-14,23H,9-12H2,1-2H3. The van der Waals surface area contributed by atoms with E-state index in [-0.39, 0.29) is 11.3 Å². The van der Waals surface area contributed by atoms with Crippen molar-refractivity contribution in [2.75, 3.05) is 20.2 Å². The van der Waals surface area contributed by atoms with Crippen molar-refractivity contribution in [1.29, 1.82) is 0 Å². The van der Waals surface area contributed by atoms with Crippen LogP contribution in [0.5, 0.6) is 17.2 Å². The summed E-state index contributed by atoms with van der Waals surface area (Å²) in [5.41, 5.74) is -1.07. The molecule has 3 aromatic rings. The number of piperidine rings is 1. The normalized spacial score (nSPS) is 17.1. The van der Waals surface area contributed by atoms with Gasteiger partial charge in [0.15, 0.2) is 0 Å². The number of carbonyl (C=O) groups excluding carboxylic acids is 1. The highest BCUT2D eigenvalue weighted by Crippen LogP contribution is 2.49. The Balaban J connectivity index is 1.41. The SMILES string of the molecule is COc1ccc(C(=O)N2CCC3(CC2)Oc2ccccc2-c2c3cnn2C)c(OC(F)(F)C(F)Cl)c1. The number of hydrogen-bond donors (Lipinski definition) is 0. The van der Waals surface area contributed by atoms with E-state index in [0.29, 0.717) is 25.9 Å². The second-order valence-electron chi connectivity index (χ2n) is 8.74. The van der Waals surface area contributed by atoms with Crippen LogP contribution in [0, 0.1) is 0 Å². The predicted molar refractivity (Wildman–Crippen MR) is 125 cm³/mol. The van der Waals surface area contributed by atoms with Gasteiger partial charge in [0.1, 0.15) is 22.8 Å². The molecule has 190 valence electrons. The number of aryl methyl sites for hydroxylation is 1. The molecule has 5 rings (SSSR count). The predicted octanol–water partition coefficient (Wildman–Crippen LogP) is 5.13. The highest BCUT2D eigenvalue weighted by molar-refractivity contribution is 6.20. The summed E-state index contributed by atoms with van der Waals surface area (Å²) in [5, 5.41) is 4.44. The van der Waals surface area contributed by atoms with E-state index in [2.05, 4.69) is 9.84 Å². The van der Waals surface area contributed by atoms with E-state index in [1.165, 1.54) is 24.1 Å². The lowest BCUT2D eigenvalue weighted by atomic mass is 9.81. The quantitative estimate of drug-likeness (QED) is 0.436. The summed E-state index contributed by atoms with van der Waals surface area (Å²) in [4.78, 5) is 14.9. The Morgan fingerprint density at radius 2 is 1.94 bits per heavy atom. The lowest BCUT2D eigenvalue weighted by Gasteiger charge is -2.44. The maximum Gasteiger partial charge on any atom is 0.444 e. The molecule has 1 unspecified atom stereocenters. The van der Waals surface area contributed by atoms with Gasteiger partial charge in [-0.1, -0.05) is 23.7 Å². The zero-order valence-electron chi connectivity index (χ0n) is 19.5. The van der Waals surface area contributed by atoms with Gasteiger partial charge in [0.05, 0.1) is 24.6 Å². The third-order valence-electron chi connectivity index (χ3n) is 6.65. The molecule has 2 aromatic carbocycles. The fraction of sp³-hybridized carbons (Fsp3) is 0.360. The summed E-state index contributed by atoms with van der Waals surface area (Å²) in [6.45, 7) is 0.580. The first-order chi connectivity index (χ1) is 17.1. The second-order valence-corrected chi connectivity index (χ2v) is 9.12. The van der Waals surface area contributed by atoms with Gasteiger partial charge >= 0.3 is 6.11 Å². The molecular formula is C25H23ClF3N3O4. The van der Waals surface area contributed by atoms with E-state index in [0.717, 1.165) is 28.6 Å². The van der Waals surface area contributed by atoms with Crippen molar-refractivity contribution >= 4 is 17.5 Å². The molecule has 0 radical (unpaired) electrons. The molecule has 1 atom stereocenters. The number of para-hydroxylation sites is 1. The molecule has 1 saturated heterocycles. The average molecular weight is 522 g/mol. The molecule has 2 aliphatic heterocycles. The molecule has 7 nitrogen and oxygen atoms in total. The van der Waals surface area contributed by atoms with Gasteiger partial charge in [0.25, 0.3) is 11.5 Å². The molecule has 0 bridgehead atoms. The third kappa shape index (κ3) is 4.03. The molecule has 1 spiro atoms. The summed E-state index contributed by atoms with van der Waals surface area (Å²) in [6, 6.07) is 11.6. The van der Waals surface area contributed by atoms with Crippen LogP contribution in [0.15, 0.2) is 48.7 Å². The van der Waals surface area contributed by atoms with Crippen LogP contribution in [0.2, 0.25) is 0 Å². The molecule has 0 saturated carbocycles. The summed E-state index contributed by atoms with van der Waals surface area (Å²) in [6.07, 6.45) is -1.63. The summed E-state index contributed by atoms with van der Waals surface area (Å²) in [7, 11) is 3.20. The van der Waals surface area contributed by atoms with E-state index in [1.54, 1.807) is 6.20 Å². The van der Waals surface area contributed by atoms with E-state index < -0.39 is 29.0 Å². The first-order valence-electron chi connectivity index (χ1n) is 11.3. The molecule has 0 aliphatic carbocycles. The van der Waals surface area contributed by atoms with Crippen LogP contribution in [0.3, 0.4) is 0 Å². The van der Waals surface area contributed by atoms with Gasteiger partial charge in [0.2, 0.25) is 0 Å². The Labute approximate surface area is 210 Å². The van der Waals surface area contributed by atoms with Gasteiger partial charge < -0.3 is 19.1 Å². The van der Waals surface area contributed by atoms with Crippen molar-refractivity contribution in [3.05, 3.63) is 59.8 Å². The Bertz CT molecular complexity index is 1310. The molecule has 2 aliphatic rings. The highest BCUT2D eigenvalue weighted by atomic mass is 35.5. The van der Waals surface area contributed by atoms with Crippen LogP contribution in [0.25, 0.3) is 11.3 Å². The second kappa shape index (κ2) is 8.92. The minimum absolute atomic E-state index is 0.152. The van der Waals surface area contributed by atoms with Crippen molar-refractivity contribution in [1.82, 2.24) is 14.7 Å². The first-order valence-corrected chi connectivity index (χ1v) is 11.7. The zero-order chi connectivity index (χ0) is 25.7. The summed E-state index contributed by atoms with van der Waals surface area (Å²) < 4.78 is 59.0. The maximum absolute atomic E-state index is 13.9. The molecule has 0 N–H and O–H groups in total. The number of carbonyl (C=O) groups is 1. The van der Waals surface area contributed by atoms with Crippen LogP contribution in [-0.2, 0) is 12.6 Å². The third-order valence-corrected chi connectivity index (χ3v) is 6.91. The summed E-state index contributed by atoms with van der Waals surface area (Å²) >= 11 is 4.95. The van der Waals surface area contributed by atoms with Crippen molar-refractivity contribution in [2.45, 2.75) is 30.2 Å². The largest absolute Gasteiger partial charge is 0.497 e. The number of methoxy groups -OCH3 is 1. The van der Waals surface area contributed by atoms with Gasteiger partial charge in [-0.15, -0.1) is 0 Å². The number of halogens is 4. The van der Waals surface area contributed by atoms with Gasteiger partial charge in [-0.3, -0.25) is 9.48 Å². The maximum atomic E-state index is 13.9. The molecule has 1 aromatic heterocycles. The smallest absolute Gasteiger partial charge is 0.444 e. The number of benzene rings is 2. The number of ether oxygens (including phenoxy) is 3. The van der Waals surface area contributed by atoms with Gasteiger partial charge in [-0.25, -0.2) is 4.39 Å². The van der Waals surface area contributed by atoms with Crippen LogP contribution < -0.4 is 14.2 Å². The van der Waals surface area contributed by atoms with Crippen molar-refractivity contribution in [3.63, 3.8) is 0 Å². The van der Waals surface area contributed by atoms with E-state index in [9.17, 15) is 18.0 Å². The first kappa shape index (κ1) is 24.3. The molecule has 1 fully saturated rings. The number of likely N-dealkylation sites (tertiary alicyclic amines) is 1. The minimum Gasteiger partial charge on any atom is -0.497 e. The monoisotopic (exact) mass is 521 g/mol. The Kier molecular flexibility index (Phi) is 6.02. The molecule has 1 amide bonds. The Morgan fingerprint density at radius 1 is 1.22 bits per heavy atom. The molecule has 3 heterocycles. The lowest BCUT2D eigenvalue weighted by molar-refractivity contribution is -0.199. The van der Waals surface area contributed by atoms with E-state index in [1.807, 2.05) is 36.0 Å². The van der Waals surface area contributed by atoms with Crippen molar-refractivity contribution in [2.24, 2.45) is 7.05 Å². The topological polar surface area (TPSA) is 65.8 Å². The van der Waals surface area contributed by atoms with Crippen molar-refractivity contribution in [3.8, 4) is 28.5 Å². The van der Waals surface area contributed by atoms with Gasteiger partial charge in [-0.05, 0) is 24.3 Å². The van der Waals surface area contributed by atoms with Crippen LogP contribution in [0.4, 0.5) is 13.2 Å². The fourth-order valence-corrected chi connectivity index (χ4v) is 4.85. The average Bonchev–Trinajstić information content (AvgIpc) is 3.26. The minimum atomic E-state index is -4.34. The van der Waals surface area contributed by atoms with E-state index in [4.69, 9.17) is 21.1 Å². The van der Waals surface area contributed by atoms with Crippen LogP contribution in [-0.4, -0.2) is 52.5 Å². The number of aromatic nitrogens is 2. The molecule has 11 heteroatoms. The van der Waals surface area contributed by atoms with Crippen LogP contribution in [0.1, 0.15) is 28.8 Å².